The molecule has 0 radical (unpaired) electrons. The Kier molecular flexibility index (Phi) is 5.32. The van der Waals surface area contributed by atoms with E-state index in [1.807, 2.05) is 39.0 Å². The number of hydrogen-bond acceptors (Lipinski definition) is 2. The largest absolute Gasteiger partial charge is 0.434 e. The molecule has 3 nitrogen and oxygen atoms in total. The van der Waals surface area contributed by atoms with Crippen molar-refractivity contribution in [2.24, 2.45) is 0 Å². The summed E-state index contributed by atoms with van der Waals surface area (Å²) in [6.45, 7) is 2.97. The molecule has 0 spiro atoms. The maximum absolute atomic E-state index is 12.5. The van der Waals surface area contributed by atoms with Crippen LogP contribution in [0.1, 0.15) is 41.3 Å². The third-order valence-electron chi connectivity index (χ3n) is 3.51. The molecule has 0 saturated heterocycles. The van der Waals surface area contributed by atoms with Crippen molar-refractivity contribution in [1.82, 2.24) is 0 Å². The molecule has 0 aliphatic rings. The van der Waals surface area contributed by atoms with Crippen molar-refractivity contribution in [3.63, 3.8) is 0 Å². The highest BCUT2D eigenvalue weighted by Gasteiger charge is 2.18. The fraction of sp³-hybridized carbons (Fsp3) is 0.278. The predicted molar refractivity (Wildman–Crippen MR) is 86.3 cm³/mol. The number of ether oxygens (including phenoxy) is 1. The number of carbonyl (C=O) groups is 1. The van der Waals surface area contributed by atoms with Gasteiger partial charge in [0.05, 0.1) is 5.56 Å². The zero-order valence-electron chi connectivity index (χ0n) is 13.3. The molecule has 5 heteroatoms. The molecule has 0 fully saturated rings. The second kappa shape index (κ2) is 7.22. The zero-order chi connectivity index (χ0) is 17.0. The number of para-hydroxylation sites is 2. The Balaban J connectivity index is 2.34. The molecule has 0 aliphatic carbocycles. The minimum Gasteiger partial charge on any atom is -0.434 e. The number of carbonyl (C=O) groups excluding carboxylic acids is 1. The Morgan fingerprint density at radius 3 is 2.43 bits per heavy atom. The summed E-state index contributed by atoms with van der Waals surface area (Å²) in [6, 6.07) is 11.7. The van der Waals surface area contributed by atoms with E-state index >= 15 is 0 Å². The van der Waals surface area contributed by atoms with Crippen LogP contribution < -0.4 is 10.1 Å². The standard InChI is InChI=1S/C18H19F2NO2/c1-11(2)13-9-6-7-12(3)16(13)21-17(22)14-8-4-5-10-15(14)23-18(19)20/h4-11,18H,1-3H3,(H,21,22). The van der Waals surface area contributed by atoms with Crippen LogP contribution in [0.15, 0.2) is 42.5 Å². The second-order valence-corrected chi connectivity index (χ2v) is 5.52. The average molecular weight is 319 g/mol. The van der Waals surface area contributed by atoms with Crippen LogP contribution in [-0.4, -0.2) is 12.5 Å². The Bertz CT molecular complexity index is 699. The van der Waals surface area contributed by atoms with Crippen LogP contribution in [0.5, 0.6) is 5.75 Å². The second-order valence-electron chi connectivity index (χ2n) is 5.52. The summed E-state index contributed by atoms with van der Waals surface area (Å²) in [5, 5.41) is 2.83. The monoisotopic (exact) mass is 319 g/mol. The van der Waals surface area contributed by atoms with E-state index in [-0.39, 0.29) is 17.2 Å². The van der Waals surface area contributed by atoms with Gasteiger partial charge in [0, 0.05) is 5.69 Å². The van der Waals surface area contributed by atoms with Crippen LogP contribution in [0.3, 0.4) is 0 Å². The lowest BCUT2D eigenvalue weighted by Crippen LogP contribution is -2.17. The van der Waals surface area contributed by atoms with Crippen molar-refractivity contribution < 1.29 is 18.3 Å². The molecule has 0 bridgehead atoms. The summed E-state index contributed by atoms with van der Waals surface area (Å²) < 4.78 is 29.4. The molecule has 2 aromatic carbocycles. The van der Waals surface area contributed by atoms with Gasteiger partial charge < -0.3 is 10.1 Å². The van der Waals surface area contributed by atoms with E-state index in [1.165, 1.54) is 12.1 Å². The first kappa shape index (κ1) is 16.9. The minimum absolute atomic E-state index is 0.0748. The molecule has 0 aliphatic heterocycles. The van der Waals surface area contributed by atoms with Crippen molar-refractivity contribution in [1.29, 1.82) is 0 Å². The van der Waals surface area contributed by atoms with Crippen molar-refractivity contribution in [3.8, 4) is 5.75 Å². The van der Waals surface area contributed by atoms with Gasteiger partial charge in [0.15, 0.2) is 0 Å². The Morgan fingerprint density at radius 2 is 1.78 bits per heavy atom. The summed E-state index contributed by atoms with van der Waals surface area (Å²) >= 11 is 0. The fourth-order valence-electron chi connectivity index (χ4n) is 2.38. The van der Waals surface area contributed by atoms with Gasteiger partial charge in [-0.15, -0.1) is 0 Å². The molecule has 2 rings (SSSR count). The van der Waals surface area contributed by atoms with E-state index in [0.717, 1.165) is 11.1 Å². The lowest BCUT2D eigenvalue weighted by atomic mass is 9.98. The summed E-state index contributed by atoms with van der Waals surface area (Å²) in [6.07, 6.45) is 0. The lowest BCUT2D eigenvalue weighted by molar-refractivity contribution is -0.0501. The SMILES string of the molecule is Cc1cccc(C(C)C)c1NC(=O)c1ccccc1OC(F)F. The number of anilines is 1. The van der Waals surface area contributed by atoms with E-state index in [1.54, 1.807) is 12.1 Å². The van der Waals surface area contributed by atoms with Crippen LogP contribution in [0.25, 0.3) is 0 Å². The Labute approximate surface area is 134 Å². The normalized spacial score (nSPS) is 10.9. The molecule has 23 heavy (non-hydrogen) atoms. The molecule has 2 aromatic rings. The van der Waals surface area contributed by atoms with Gasteiger partial charge in [-0.3, -0.25) is 4.79 Å². The van der Waals surface area contributed by atoms with Crippen LogP contribution >= 0.6 is 0 Å². The number of alkyl halides is 2. The molecule has 0 atom stereocenters. The van der Waals surface area contributed by atoms with Gasteiger partial charge in [0.1, 0.15) is 5.75 Å². The van der Waals surface area contributed by atoms with Gasteiger partial charge in [0.25, 0.3) is 5.91 Å². The van der Waals surface area contributed by atoms with Crippen LogP contribution in [0.4, 0.5) is 14.5 Å². The Morgan fingerprint density at radius 1 is 1.09 bits per heavy atom. The number of rotatable bonds is 5. The van der Waals surface area contributed by atoms with Crippen molar-refractivity contribution in [2.45, 2.75) is 33.3 Å². The van der Waals surface area contributed by atoms with E-state index in [9.17, 15) is 13.6 Å². The highest BCUT2D eigenvalue weighted by molar-refractivity contribution is 6.07. The third kappa shape index (κ3) is 4.06. The number of halogens is 2. The summed E-state index contributed by atoms with van der Waals surface area (Å²) in [5.74, 6) is -0.394. The predicted octanol–water partition coefficient (Wildman–Crippen LogP) is 4.97. The molecule has 0 aromatic heterocycles. The molecular formula is C18H19F2NO2. The number of aryl methyl sites for hydroxylation is 1. The zero-order valence-corrected chi connectivity index (χ0v) is 13.3. The van der Waals surface area contributed by atoms with Crippen molar-refractivity contribution in [2.75, 3.05) is 5.32 Å². The Hall–Kier alpha value is -2.43. The van der Waals surface area contributed by atoms with Gasteiger partial charge in [-0.2, -0.15) is 8.78 Å². The minimum atomic E-state index is -2.98. The molecule has 0 unspecified atom stereocenters. The van der Waals surface area contributed by atoms with Crippen molar-refractivity contribution >= 4 is 11.6 Å². The highest BCUT2D eigenvalue weighted by atomic mass is 19.3. The van der Waals surface area contributed by atoms with Crippen LogP contribution in [0, 0.1) is 6.92 Å². The van der Waals surface area contributed by atoms with Gasteiger partial charge in [-0.25, -0.2) is 0 Å². The average Bonchev–Trinajstić information content (AvgIpc) is 2.48. The summed E-state index contributed by atoms with van der Waals surface area (Å²) in [4.78, 5) is 12.5. The molecule has 0 saturated carbocycles. The first-order chi connectivity index (χ1) is 10.9. The number of hydrogen-bond donors (Lipinski definition) is 1. The number of amides is 1. The van der Waals surface area contributed by atoms with Crippen LogP contribution in [-0.2, 0) is 0 Å². The first-order valence-corrected chi connectivity index (χ1v) is 7.35. The number of nitrogens with one attached hydrogen (secondary N) is 1. The smallest absolute Gasteiger partial charge is 0.387 e. The summed E-state index contributed by atoms with van der Waals surface area (Å²) in [5.41, 5.74) is 2.69. The quantitative estimate of drug-likeness (QED) is 0.845. The lowest BCUT2D eigenvalue weighted by Gasteiger charge is -2.17. The van der Waals surface area contributed by atoms with Gasteiger partial charge >= 0.3 is 6.61 Å². The highest BCUT2D eigenvalue weighted by Crippen LogP contribution is 2.29. The molecule has 1 amide bonds. The van der Waals surface area contributed by atoms with Crippen molar-refractivity contribution in [3.05, 3.63) is 59.2 Å². The molecule has 0 heterocycles. The van der Waals surface area contributed by atoms with Gasteiger partial charge in [-0.05, 0) is 36.1 Å². The van der Waals surface area contributed by atoms with E-state index < -0.39 is 12.5 Å². The first-order valence-electron chi connectivity index (χ1n) is 7.35. The molecule has 1 N–H and O–H groups in total. The van der Waals surface area contributed by atoms with Gasteiger partial charge in [0.2, 0.25) is 0 Å². The maximum atomic E-state index is 12.5. The third-order valence-corrected chi connectivity index (χ3v) is 3.51. The van der Waals surface area contributed by atoms with E-state index in [0.29, 0.717) is 5.69 Å². The fourth-order valence-corrected chi connectivity index (χ4v) is 2.38. The van der Waals surface area contributed by atoms with Gasteiger partial charge in [-0.1, -0.05) is 44.2 Å². The topological polar surface area (TPSA) is 38.3 Å². The molecule has 122 valence electrons. The van der Waals surface area contributed by atoms with E-state index in [4.69, 9.17) is 0 Å². The number of benzene rings is 2. The van der Waals surface area contributed by atoms with Crippen LogP contribution in [0.2, 0.25) is 0 Å². The summed E-state index contributed by atoms with van der Waals surface area (Å²) in [7, 11) is 0. The van der Waals surface area contributed by atoms with E-state index in [2.05, 4.69) is 10.1 Å². The molecular weight excluding hydrogens is 300 g/mol. The maximum Gasteiger partial charge on any atom is 0.387 e.